The molecule has 102 valence electrons. The van der Waals surface area contributed by atoms with Crippen LogP contribution < -0.4 is 5.32 Å². The van der Waals surface area contributed by atoms with Crippen LogP contribution in [0.5, 0.6) is 0 Å². The topological polar surface area (TPSA) is 44.0 Å². The number of rotatable bonds is 6. The molecule has 0 unspecified atom stereocenters. The molecule has 4 heteroatoms. The van der Waals surface area contributed by atoms with Gasteiger partial charge in [-0.1, -0.05) is 6.07 Å². The zero-order chi connectivity index (χ0) is 12.9. The average Bonchev–Trinajstić information content (AvgIpc) is 3.08. The number of aromatic nitrogens is 2. The number of likely N-dealkylation sites (tertiary alicyclic amines) is 1. The maximum atomic E-state index is 4.23. The van der Waals surface area contributed by atoms with Gasteiger partial charge in [-0.2, -0.15) is 0 Å². The first-order valence-corrected chi connectivity index (χ1v) is 7.27. The van der Waals surface area contributed by atoms with Crippen LogP contribution in [0.4, 0.5) is 0 Å². The molecule has 4 nitrogen and oxygen atoms in total. The number of nitrogens with one attached hydrogen (secondary N) is 2. The predicted molar refractivity (Wildman–Crippen MR) is 78.1 cm³/mol. The minimum absolute atomic E-state index is 0.939. The highest BCUT2D eigenvalue weighted by Gasteiger charge is 2.09. The number of aromatic amines is 1. The Hall–Kier alpha value is -1.39. The normalized spacial score (nSPS) is 16.4. The largest absolute Gasteiger partial charge is 0.345 e. The van der Waals surface area contributed by atoms with Gasteiger partial charge in [0.1, 0.15) is 0 Å². The second-order valence-electron chi connectivity index (χ2n) is 5.33. The van der Waals surface area contributed by atoms with E-state index in [2.05, 4.69) is 38.4 Å². The van der Waals surface area contributed by atoms with Gasteiger partial charge >= 0.3 is 0 Å². The summed E-state index contributed by atoms with van der Waals surface area (Å²) >= 11 is 0. The van der Waals surface area contributed by atoms with Gasteiger partial charge in [-0.25, -0.2) is 4.98 Å². The zero-order valence-electron chi connectivity index (χ0n) is 11.4. The van der Waals surface area contributed by atoms with Gasteiger partial charge in [0.2, 0.25) is 0 Å². The molecular formula is C15H22N4. The molecule has 2 N–H and O–H groups in total. The molecule has 2 heterocycles. The molecule has 1 fully saturated rings. The molecule has 1 aliphatic heterocycles. The molecule has 0 atom stereocenters. The van der Waals surface area contributed by atoms with Crippen molar-refractivity contribution in [3.8, 4) is 0 Å². The van der Waals surface area contributed by atoms with Crippen molar-refractivity contribution in [1.82, 2.24) is 20.2 Å². The van der Waals surface area contributed by atoms with Crippen LogP contribution in [0.3, 0.4) is 0 Å². The Balaban J connectivity index is 1.39. The van der Waals surface area contributed by atoms with Crippen LogP contribution >= 0.6 is 0 Å². The van der Waals surface area contributed by atoms with Crippen LogP contribution in [0.2, 0.25) is 0 Å². The summed E-state index contributed by atoms with van der Waals surface area (Å²) in [5.74, 6) is 0. The Morgan fingerprint density at radius 1 is 1.26 bits per heavy atom. The monoisotopic (exact) mass is 258 g/mol. The number of nitrogens with zero attached hydrogens (tertiary/aromatic N) is 2. The summed E-state index contributed by atoms with van der Waals surface area (Å²) in [5, 5.41) is 3.52. The summed E-state index contributed by atoms with van der Waals surface area (Å²) in [4.78, 5) is 9.95. The standard InChI is InChI=1S/C15H22N4/c1-2-8-19(7-1)9-3-6-16-11-13-4-5-14-15(10-13)18-12-17-14/h4-5,10,12,16H,1-3,6-9,11H2,(H,17,18). The molecule has 0 saturated carbocycles. The van der Waals surface area contributed by atoms with E-state index in [4.69, 9.17) is 0 Å². The number of imidazole rings is 1. The number of hydrogen-bond acceptors (Lipinski definition) is 3. The Labute approximate surface area is 114 Å². The molecule has 1 aromatic carbocycles. The van der Waals surface area contributed by atoms with Crippen molar-refractivity contribution >= 4 is 11.0 Å². The van der Waals surface area contributed by atoms with Gasteiger partial charge in [-0.3, -0.25) is 0 Å². The number of H-pyrrole nitrogens is 1. The van der Waals surface area contributed by atoms with Gasteiger partial charge < -0.3 is 15.2 Å². The van der Waals surface area contributed by atoms with Gasteiger partial charge in [0, 0.05) is 6.54 Å². The Morgan fingerprint density at radius 2 is 2.16 bits per heavy atom. The Bertz CT molecular complexity index is 514. The smallest absolute Gasteiger partial charge is 0.0931 e. The van der Waals surface area contributed by atoms with Crippen LogP contribution in [-0.2, 0) is 6.54 Å². The molecule has 1 saturated heterocycles. The highest BCUT2D eigenvalue weighted by atomic mass is 15.1. The fourth-order valence-corrected chi connectivity index (χ4v) is 2.76. The van der Waals surface area contributed by atoms with Crippen molar-refractivity contribution in [3.05, 3.63) is 30.1 Å². The Kier molecular flexibility index (Phi) is 4.10. The van der Waals surface area contributed by atoms with Gasteiger partial charge in [0.25, 0.3) is 0 Å². The maximum absolute atomic E-state index is 4.23. The first-order valence-electron chi connectivity index (χ1n) is 7.27. The first-order chi connectivity index (χ1) is 9.42. The van der Waals surface area contributed by atoms with Crippen LogP contribution in [0.1, 0.15) is 24.8 Å². The van der Waals surface area contributed by atoms with Gasteiger partial charge in [0.15, 0.2) is 0 Å². The second-order valence-corrected chi connectivity index (χ2v) is 5.33. The molecule has 1 aromatic heterocycles. The lowest BCUT2D eigenvalue weighted by Crippen LogP contribution is -2.24. The molecule has 19 heavy (non-hydrogen) atoms. The van der Waals surface area contributed by atoms with Gasteiger partial charge in [-0.05, 0) is 63.1 Å². The molecule has 3 rings (SSSR count). The van der Waals surface area contributed by atoms with Crippen LogP contribution in [-0.4, -0.2) is 41.0 Å². The van der Waals surface area contributed by atoms with Crippen LogP contribution in [0.15, 0.2) is 24.5 Å². The number of benzene rings is 1. The summed E-state index contributed by atoms with van der Waals surface area (Å²) in [6.07, 6.45) is 5.76. The third-order valence-electron chi connectivity index (χ3n) is 3.84. The molecule has 0 aliphatic carbocycles. The van der Waals surface area contributed by atoms with E-state index in [1.54, 1.807) is 6.33 Å². The molecule has 0 spiro atoms. The SMILES string of the molecule is c1nc2ccc(CNCCCN3CCCC3)cc2[nH]1. The first kappa shape index (κ1) is 12.6. The van der Waals surface area contributed by atoms with Crippen LogP contribution in [0, 0.1) is 0 Å². The minimum atomic E-state index is 0.939. The molecule has 0 bridgehead atoms. The molecule has 2 aromatic rings. The lowest BCUT2D eigenvalue weighted by molar-refractivity contribution is 0.331. The van der Waals surface area contributed by atoms with E-state index in [1.807, 2.05) is 0 Å². The van der Waals surface area contributed by atoms with E-state index < -0.39 is 0 Å². The van der Waals surface area contributed by atoms with E-state index in [0.29, 0.717) is 0 Å². The number of hydrogen-bond donors (Lipinski definition) is 2. The van der Waals surface area contributed by atoms with Gasteiger partial charge in [0.05, 0.1) is 17.4 Å². The van der Waals surface area contributed by atoms with Crippen LogP contribution in [0.25, 0.3) is 11.0 Å². The lowest BCUT2D eigenvalue weighted by Gasteiger charge is -2.14. The van der Waals surface area contributed by atoms with Crippen molar-refractivity contribution < 1.29 is 0 Å². The summed E-state index contributed by atoms with van der Waals surface area (Å²) in [6, 6.07) is 6.40. The average molecular weight is 258 g/mol. The summed E-state index contributed by atoms with van der Waals surface area (Å²) in [7, 11) is 0. The van der Waals surface area contributed by atoms with Crippen molar-refractivity contribution in [2.24, 2.45) is 0 Å². The third-order valence-corrected chi connectivity index (χ3v) is 3.84. The molecule has 0 radical (unpaired) electrons. The third kappa shape index (κ3) is 3.33. The van der Waals surface area contributed by atoms with Crippen molar-refractivity contribution in [3.63, 3.8) is 0 Å². The summed E-state index contributed by atoms with van der Waals surface area (Å²) in [5.41, 5.74) is 3.48. The summed E-state index contributed by atoms with van der Waals surface area (Å²) in [6.45, 7) is 5.88. The minimum Gasteiger partial charge on any atom is -0.345 e. The lowest BCUT2D eigenvalue weighted by atomic mass is 10.2. The highest BCUT2D eigenvalue weighted by Crippen LogP contribution is 2.11. The fraction of sp³-hybridized carbons (Fsp3) is 0.533. The maximum Gasteiger partial charge on any atom is 0.0931 e. The summed E-state index contributed by atoms with van der Waals surface area (Å²) < 4.78 is 0. The van der Waals surface area contributed by atoms with E-state index in [1.165, 1.54) is 44.5 Å². The zero-order valence-corrected chi connectivity index (χ0v) is 11.4. The second kappa shape index (κ2) is 6.17. The van der Waals surface area contributed by atoms with Gasteiger partial charge in [-0.15, -0.1) is 0 Å². The van der Waals surface area contributed by atoms with Crippen molar-refractivity contribution in [2.75, 3.05) is 26.2 Å². The number of fused-ring (bicyclic) bond motifs is 1. The van der Waals surface area contributed by atoms with Crippen molar-refractivity contribution in [2.45, 2.75) is 25.8 Å². The van der Waals surface area contributed by atoms with E-state index in [-0.39, 0.29) is 0 Å². The highest BCUT2D eigenvalue weighted by molar-refractivity contribution is 5.74. The van der Waals surface area contributed by atoms with E-state index >= 15 is 0 Å². The fourth-order valence-electron chi connectivity index (χ4n) is 2.76. The van der Waals surface area contributed by atoms with Crippen molar-refractivity contribution in [1.29, 1.82) is 0 Å². The molecular weight excluding hydrogens is 236 g/mol. The van der Waals surface area contributed by atoms with E-state index in [9.17, 15) is 0 Å². The molecule has 1 aliphatic rings. The predicted octanol–water partition coefficient (Wildman–Crippen LogP) is 2.14. The molecule has 0 amide bonds. The Morgan fingerprint density at radius 3 is 3.05 bits per heavy atom. The van der Waals surface area contributed by atoms with E-state index in [0.717, 1.165) is 24.1 Å². The quantitative estimate of drug-likeness (QED) is 0.780.